The Morgan fingerprint density at radius 2 is 2.18 bits per heavy atom. The molecule has 1 aromatic rings. The largest absolute Gasteiger partial charge is 0.388 e. The number of ether oxygens (including phenoxy) is 1. The Labute approximate surface area is 132 Å². The van der Waals surface area contributed by atoms with Crippen molar-refractivity contribution in [3.63, 3.8) is 0 Å². The lowest BCUT2D eigenvalue weighted by atomic mass is 9.95. The molecule has 0 atom stereocenters. The monoisotopic (exact) mass is 306 g/mol. The molecule has 1 saturated heterocycles. The number of hydrogen-bond acceptors (Lipinski definition) is 4. The van der Waals surface area contributed by atoms with E-state index in [0.717, 1.165) is 31.2 Å². The van der Waals surface area contributed by atoms with E-state index in [1.54, 1.807) is 6.20 Å². The molecule has 1 aromatic heterocycles. The lowest BCUT2D eigenvalue weighted by Gasteiger charge is -2.30. The molecule has 3 N–H and O–H groups in total. The lowest BCUT2D eigenvalue weighted by molar-refractivity contribution is -0.0565. The summed E-state index contributed by atoms with van der Waals surface area (Å²) in [7, 11) is 0. The predicted molar refractivity (Wildman–Crippen MR) is 86.9 cm³/mol. The second-order valence-corrected chi connectivity index (χ2v) is 5.53. The van der Waals surface area contributed by atoms with Gasteiger partial charge in [-0.1, -0.05) is 6.07 Å². The highest BCUT2D eigenvalue weighted by atomic mass is 16.5. The third-order valence-corrected chi connectivity index (χ3v) is 3.70. The van der Waals surface area contributed by atoms with Gasteiger partial charge in [-0.05, 0) is 19.1 Å². The van der Waals surface area contributed by atoms with Crippen LogP contribution in [0.3, 0.4) is 0 Å². The van der Waals surface area contributed by atoms with Crippen LogP contribution in [0.1, 0.15) is 25.5 Å². The first-order valence-electron chi connectivity index (χ1n) is 7.94. The first-order valence-corrected chi connectivity index (χ1v) is 7.94. The van der Waals surface area contributed by atoms with E-state index >= 15 is 0 Å². The highest BCUT2D eigenvalue weighted by molar-refractivity contribution is 5.79. The van der Waals surface area contributed by atoms with E-state index in [1.165, 1.54) is 0 Å². The quantitative estimate of drug-likeness (QED) is 0.533. The van der Waals surface area contributed by atoms with Crippen molar-refractivity contribution >= 4 is 5.96 Å². The average molecular weight is 306 g/mol. The summed E-state index contributed by atoms with van der Waals surface area (Å²) in [5, 5.41) is 16.9. The SMILES string of the molecule is CCNC(=NCC1(O)CCOCC1)NCCc1ccccn1. The maximum absolute atomic E-state index is 10.4. The topological polar surface area (TPSA) is 78.8 Å². The maximum Gasteiger partial charge on any atom is 0.191 e. The molecule has 0 spiro atoms. The maximum atomic E-state index is 10.4. The van der Waals surface area contributed by atoms with E-state index in [9.17, 15) is 5.11 Å². The second kappa shape index (κ2) is 8.70. The van der Waals surface area contributed by atoms with Crippen molar-refractivity contribution in [1.82, 2.24) is 15.6 Å². The van der Waals surface area contributed by atoms with Crippen molar-refractivity contribution in [2.45, 2.75) is 31.8 Å². The Balaban J connectivity index is 1.81. The summed E-state index contributed by atoms with van der Waals surface area (Å²) in [5.74, 6) is 0.735. The molecule has 0 unspecified atom stereocenters. The Morgan fingerprint density at radius 3 is 2.86 bits per heavy atom. The van der Waals surface area contributed by atoms with Crippen molar-refractivity contribution in [3.8, 4) is 0 Å². The van der Waals surface area contributed by atoms with Gasteiger partial charge in [-0.3, -0.25) is 9.98 Å². The number of aromatic nitrogens is 1. The van der Waals surface area contributed by atoms with Crippen molar-refractivity contribution in [3.05, 3.63) is 30.1 Å². The third-order valence-electron chi connectivity index (χ3n) is 3.70. The van der Waals surface area contributed by atoms with Crippen molar-refractivity contribution in [2.24, 2.45) is 4.99 Å². The Morgan fingerprint density at radius 1 is 1.36 bits per heavy atom. The van der Waals surface area contributed by atoms with Crippen LogP contribution in [0.15, 0.2) is 29.4 Å². The van der Waals surface area contributed by atoms with Gasteiger partial charge in [0, 0.05) is 57.5 Å². The van der Waals surface area contributed by atoms with Crippen LogP contribution in [0, 0.1) is 0 Å². The molecule has 122 valence electrons. The van der Waals surface area contributed by atoms with Gasteiger partial charge in [0.05, 0.1) is 12.1 Å². The Bertz CT molecular complexity index is 458. The molecule has 0 bridgehead atoms. The third kappa shape index (κ3) is 5.61. The van der Waals surface area contributed by atoms with Gasteiger partial charge < -0.3 is 20.5 Å². The molecule has 6 heteroatoms. The molecular formula is C16H26N4O2. The van der Waals surface area contributed by atoms with Crippen LogP contribution in [0.25, 0.3) is 0 Å². The fourth-order valence-electron chi connectivity index (χ4n) is 2.33. The van der Waals surface area contributed by atoms with Crippen LogP contribution in [0.4, 0.5) is 0 Å². The average Bonchev–Trinajstić information content (AvgIpc) is 2.54. The first-order chi connectivity index (χ1) is 10.7. The molecule has 22 heavy (non-hydrogen) atoms. The molecule has 0 saturated carbocycles. The highest BCUT2D eigenvalue weighted by Crippen LogP contribution is 2.20. The molecule has 0 amide bonds. The van der Waals surface area contributed by atoms with Gasteiger partial charge in [-0.15, -0.1) is 0 Å². The molecule has 0 radical (unpaired) electrons. The summed E-state index contributed by atoms with van der Waals surface area (Å²) in [6, 6.07) is 5.91. The number of nitrogens with zero attached hydrogens (tertiary/aromatic N) is 2. The summed E-state index contributed by atoms with van der Waals surface area (Å²) in [4.78, 5) is 8.81. The number of hydrogen-bond donors (Lipinski definition) is 3. The molecule has 6 nitrogen and oxygen atoms in total. The molecule has 1 aliphatic heterocycles. The Hall–Kier alpha value is -1.66. The highest BCUT2D eigenvalue weighted by Gasteiger charge is 2.29. The van der Waals surface area contributed by atoms with Crippen molar-refractivity contribution in [1.29, 1.82) is 0 Å². The minimum atomic E-state index is -0.735. The number of nitrogens with one attached hydrogen (secondary N) is 2. The minimum Gasteiger partial charge on any atom is -0.388 e. The molecule has 2 heterocycles. The van der Waals surface area contributed by atoms with Crippen LogP contribution in [-0.4, -0.2) is 54.5 Å². The fraction of sp³-hybridized carbons (Fsp3) is 0.625. The van der Waals surface area contributed by atoms with Gasteiger partial charge >= 0.3 is 0 Å². The van der Waals surface area contributed by atoms with E-state index in [1.807, 2.05) is 25.1 Å². The summed E-state index contributed by atoms with van der Waals surface area (Å²) >= 11 is 0. The van der Waals surface area contributed by atoms with Crippen LogP contribution in [0.5, 0.6) is 0 Å². The van der Waals surface area contributed by atoms with Gasteiger partial charge in [0.2, 0.25) is 0 Å². The zero-order valence-corrected chi connectivity index (χ0v) is 13.2. The molecule has 1 aliphatic rings. The van der Waals surface area contributed by atoms with E-state index in [2.05, 4.69) is 20.6 Å². The summed E-state index contributed by atoms with van der Waals surface area (Å²) in [6.07, 6.45) is 3.92. The van der Waals surface area contributed by atoms with E-state index < -0.39 is 5.60 Å². The Kier molecular flexibility index (Phi) is 6.61. The van der Waals surface area contributed by atoms with Crippen LogP contribution in [-0.2, 0) is 11.2 Å². The van der Waals surface area contributed by atoms with E-state index in [-0.39, 0.29) is 0 Å². The lowest BCUT2D eigenvalue weighted by Crippen LogP contribution is -2.43. The zero-order valence-electron chi connectivity index (χ0n) is 13.2. The number of guanidine groups is 1. The van der Waals surface area contributed by atoms with E-state index in [4.69, 9.17) is 4.74 Å². The molecular weight excluding hydrogens is 280 g/mol. The van der Waals surface area contributed by atoms with Crippen LogP contribution in [0.2, 0.25) is 0 Å². The number of pyridine rings is 1. The molecule has 1 fully saturated rings. The van der Waals surface area contributed by atoms with Gasteiger partial charge in [-0.25, -0.2) is 0 Å². The van der Waals surface area contributed by atoms with Gasteiger partial charge in [0.1, 0.15) is 0 Å². The summed E-state index contributed by atoms with van der Waals surface area (Å²) in [5.41, 5.74) is 0.315. The number of aliphatic imine (C=N–C) groups is 1. The van der Waals surface area contributed by atoms with E-state index in [0.29, 0.717) is 32.6 Å². The molecule has 0 aliphatic carbocycles. The second-order valence-electron chi connectivity index (χ2n) is 5.53. The van der Waals surface area contributed by atoms with Crippen LogP contribution >= 0.6 is 0 Å². The first kappa shape index (κ1) is 16.7. The van der Waals surface area contributed by atoms with Gasteiger partial charge in [0.15, 0.2) is 5.96 Å². The zero-order chi connectivity index (χ0) is 15.7. The summed E-state index contributed by atoms with van der Waals surface area (Å²) in [6.45, 7) is 5.18. The van der Waals surface area contributed by atoms with Crippen molar-refractivity contribution < 1.29 is 9.84 Å². The molecule has 0 aromatic carbocycles. The normalized spacial score (nSPS) is 18.0. The van der Waals surface area contributed by atoms with Gasteiger partial charge in [-0.2, -0.15) is 0 Å². The minimum absolute atomic E-state index is 0.398. The fourth-order valence-corrected chi connectivity index (χ4v) is 2.33. The van der Waals surface area contributed by atoms with Crippen LogP contribution < -0.4 is 10.6 Å². The molecule has 2 rings (SSSR count). The number of rotatable bonds is 6. The standard InChI is InChI=1S/C16H26N4O2/c1-2-17-15(19-10-6-14-5-3-4-9-18-14)20-13-16(21)7-11-22-12-8-16/h3-5,9,21H,2,6-8,10-13H2,1H3,(H2,17,19,20). The van der Waals surface area contributed by atoms with Gasteiger partial charge in [0.25, 0.3) is 0 Å². The smallest absolute Gasteiger partial charge is 0.191 e. The number of aliphatic hydroxyl groups is 1. The summed E-state index contributed by atoms with van der Waals surface area (Å²) < 4.78 is 5.29. The predicted octanol–water partition coefficient (Wildman–Crippen LogP) is 0.721. The van der Waals surface area contributed by atoms with Crippen molar-refractivity contribution in [2.75, 3.05) is 32.8 Å².